The summed E-state index contributed by atoms with van der Waals surface area (Å²) in [5.41, 5.74) is 10.8. The van der Waals surface area contributed by atoms with Crippen molar-refractivity contribution in [2.45, 2.75) is 0 Å². The van der Waals surface area contributed by atoms with E-state index < -0.39 is 0 Å². The lowest BCUT2D eigenvalue weighted by Gasteiger charge is -2.26. The van der Waals surface area contributed by atoms with Gasteiger partial charge in [0.05, 0.1) is 11.0 Å². The van der Waals surface area contributed by atoms with Crippen LogP contribution in [0.2, 0.25) is 0 Å². The fourth-order valence-corrected chi connectivity index (χ4v) is 10.1. The third kappa shape index (κ3) is 5.04. The van der Waals surface area contributed by atoms with Crippen LogP contribution in [-0.4, -0.2) is 4.57 Å². The highest BCUT2D eigenvalue weighted by Gasteiger charge is 2.24. The molecular formula is C58H36N2O. The van der Waals surface area contributed by atoms with Gasteiger partial charge in [0.15, 0.2) is 0 Å². The van der Waals surface area contributed by atoms with Gasteiger partial charge in [-0.1, -0.05) is 152 Å². The molecule has 3 nitrogen and oxygen atoms in total. The molecule has 0 atom stereocenters. The van der Waals surface area contributed by atoms with E-state index in [0.717, 1.165) is 55.7 Å². The standard InChI is InChI=1S/C58H36N2O/c1-2-17-38(18-3-1)59(41-33-34-47-45-22-7-6-20-43(45)44-21-8-9-23-46(44)51(47)35-41)39-29-31-40(32-30-39)60-52-27-12-10-24-49(52)56-53(60)36-55-57(50-25-11-13-28-54(50)61-55)58(56)48-26-14-16-37-15-4-5-19-42(37)48/h1-36H. The molecule has 0 aliphatic heterocycles. The van der Waals surface area contributed by atoms with Gasteiger partial charge in [-0.15, -0.1) is 0 Å². The molecule has 0 fully saturated rings. The lowest BCUT2D eigenvalue weighted by molar-refractivity contribution is 0.669. The Kier molecular flexibility index (Phi) is 7.31. The van der Waals surface area contributed by atoms with Crippen molar-refractivity contribution >= 4 is 104 Å². The Morgan fingerprint density at radius 2 is 0.885 bits per heavy atom. The molecule has 2 aromatic heterocycles. The molecule has 0 saturated carbocycles. The maximum atomic E-state index is 6.73. The average Bonchev–Trinajstić information content (AvgIpc) is 3.87. The van der Waals surface area contributed by atoms with Crippen LogP contribution in [0, 0.1) is 0 Å². The SMILES string of the molecule is c1ccc(N(c2ccc(-n3c4ccccc4c4c(-c5cccc6ccccc56)c5c(cc43)oc3ccccc35)cc2)c2ccc3c4ccccc4c4ccccc4c3c2)cc1. The number of nitrogens with zero attached hydrogens (tertiary/aromatic N) is 2. The quantitative estimate of drug-likeness (QED) is 0.162. The number of hydrogen-bond acceptors (Lipinski definition) is 2. The van der Waals surface area contributed by atoms with Gasteiger partial charge >= 0.3 is 0 Å². The number of hydrogen-bond donors (Lipinski definition) is 0. The van der Waals surface area contributed by atoms with Gasteiger partial charge in [-0.2, -0.15) is 0 Å². The van der Waals surface area contributed by atoms with Gasteiger partial charge in [0, 0.05) is 55.9 Å². The molecule has 0 saturated heterocycles. The number of benzene rings is 11. The van der Waals surface area contributed by atoms with Crippen LogP contribution >= 0.6 is 0 Å². The van der Waals surface area contributed by atoms with Crippen LogP contribution < -0.4 is 4.90 Å². The molecule has 11 aromatic carbocycles. The van der Waals surface area contributed by atoms with Crippen LogP contribution in [0.5, 0.6) is 0 Å². The Labute approximate surface area is 351 Å². The van der Waals surface area contributed by atoms with Gasteiger partial charge in [0.1, 0.15) is 11.2 Å². The number of para-hydroxylation sites is 3. The molecule has 0 unspecified atom stereocenters. The molecule has 2 heterocycles. The molecule has 0 radical (unpaired) electrons. The number of aromatic nitrogens is 1. The first-order chi connectivity index (χ1) is 30.3. The fourth-order valence-electron chi connectivity index (χ4n) is 10.1. The second kappa shape index (κ2) is 13.2. The summed E-state index contributed by atoms with van der Waals surface area (Å²) in [5, 5.41) is 14.7. The highest BCUT2D eigenvalue weighted by atomic mass is 16.3. The van der Waals surface area contributed by atoms with Crippen molar-refractivity contribution in [1.29, 1.82) is 0 Å². The number of rotatable bonds is 5. The first-order valence-electron chi connectivity index (χ1n) is 20.9. The number of anilines is 3. The molecule has 0 aliphatic carbocycles. The van der Waals surface area contributed by atoms with E-state index in [1.807, 2.05) is 0 Å². The molecule has 0 N–H and O–H groups in total. The third-order valence-corrected chi connectivity index (χ3v) is 12.7. The second-order valence-corrected chi connectivity index (χ2v) is 16.0. The van der Waals surface area contributed by atoms with Crippen molar-refractivity contribution in [1.82, 2.24) is 4.57 Å². The predicted octanol–water partition coefficient (Wildman–Crippen LogP) is 16.4. The van der Waals surface area contributed by atoms with Crippen molar-refractivity contribution in [2.75, 3.05) is 4.90 Å². The molecule has 0 spiro atoms. The molecule has 13 rings (SSSR count). The lowest BCUT2D eigenvalue weighted by Crippen LogP contribution is -2.10. The van der Waals surface area contributed by atoms with Gasteiger partial charge in [0.25, 0.3) is 0 Å². The molecule has 284 valence electrons. The van der Waals surface area contributed by atoms with E-state index >= 15 is 0 Å². The number of fused-ring (bicyclic) bond motifs is 13. The first kappa shape index (κ1) is 33.8. The van der Waals surface area contributed by atoms with Gasteiger partial charge in [-0.25, -0.2) is 0 Å². The first-order valence-corrected chi connectivity index (χ1v) is 20.9. The summed E-state index contributed by atoms with van der Waals surface area (Å²) in [6, 6.07) is 79.1. The fraction of sp³-hybridized carbons (Fsp3) is 0. The lowest BCUT2D eigenvalue weighted by atomic mass is 9.91. The van der Waals surface area contributed by atoms with Crippen LogP contribution in [0.1, 0.15) is 0 Å². The smallest absolute Gasteiger partial charge is 0.138 e. The maximum absolute atomic E-state index is 6.73. The summed E-state index contributed by atoms with van der Waals surface area (Å²) >= 11 is 0. The van der Waals surface area contributed by atoms with Crippen molar-refractivity contribution in [2.24, 2.45) is 0 Å². The topological polar surface area (TPSA) is 21.3 Å². The van der Waals surface area contributed by atoms with Crippen LogP contribution in [0.3, 0.4) is 0 Å². The molecule has 13 aromatic rings. The summed E-state index contributed by atoms with van der Waals surface area (Å²) in [6.07, 6.45) is 0. The molecule has 3 heteroatoms. The van der Waals surface area contributed by atoms with Crippen LogP contribution in [0.4, 0.5) is 17.1 Å². The molecule has 0 amide bonds. The van der Waals surface area contributed by atoms with Crippen LogP contribution in [0.15, 0.2) is 223 Å². The van der Waals surface area contributed by atoms with Crippen molar-refractivity contribution < 1.29 is 4.42 Å². The minimum atomic E-state index is 0.879. The summed E-state index contributed by atoms with van der Waals surface area (Å²) in [4.78, 5) is 2.37. The normalized spacial score (nSPS) is 11.9. The van der Waals surface area contributed by atoms with E-state index in [1.54, 1.807) is 0 Å². The van der Waals surface area contributed by atoms with E-state index in [1.165, 1.54) is 65.0 Å². The zero-order valence-corrected chi connectivity index (χ0v) is 33.1. The Morgan fingerprint density at radius 3 is 1.64 bits per heavy atom. The van der Waals surface area contributed by atoms with E-state index in [0.29, 0.717) is 0 Å². The molecule has 0 bridgehead atoms. The summed E-state index contributed by atoms with van der Waals surface area (Å²) < 4.78 is 9.14. The molecule has 0 aliphatic rings. The zero-order valence-electron chi connectivity index (χ0n) is 33.1. The van der Waals surface area contributed by atoms with Gasteiger partial charge in [-0.3, -0.25) is 0 Å². The van der Waals surface area contributed by atoms with Crippen molar-refractivity contribution in [3.63, 3.8) is 0 Å². The monoisotopic (exact) mass is 776 g/mol. The van der Waals surface area contributed by atoms with E-state index in [9.17, 15) is 0 Å². The Balaban J connectivity index is 1.04. The Hall–Kier alpha value is -8.14. The minimum Gasteiger partial charge on any atom is -0.456 e. The number of furan rings is 1. The largest absolute Gasteiger partial charge is 0.456 e. The molecule has 61 heavy (non-hydrogen) atoms. The zero-order chi connectivity index (χ0) is 40.0. The van der Waals surface area contributed by atoms with Gasteiger partial charge in [-0.05, 0) is 109 Å². The van der Waals surface area contributed by atoms with Crippen LogP contribution in [0.25, 0.3) is 104 Å². The second-order valence-electron chi connectivity index (χ2n) is 16.0. The van der Waals surface area contributed by atoms with Gasteiger partial charge in [0.2, 0.25) is 0 Å². The average molecular weight is 777 g/mol. The molecular weight excluding hydrogens is 741 g/mol. The van der Waals surface area contributed by atoms with E-state index in [4.69, 9.17) is 4.42 Å². The third-order valence-electron chi connectivity index (χ3n) is 12.7. The summed E-state index contributed by atoms with van der Waals surface area (Å²) in [6.45, 7) is 0. The van der Waals surface area contributed by atoms with E-state index in [2.05, 4.69) is 228 Å². The Bertz CT molecular complexity index is 3840. The summed E-state index contributed by atoms with van der Waals surface area (Å²) in [7, 11) is 0. The van der Waals surface area contributed by atoms with Crippen molar-refractivity contribution in [3.05, 3.63) is 218 Å². The Morgan fingerprint density at radius 1 is 0.328 bits per heavy atom. The minimum absolute atomic E-state index is 0.879. The highest BCUT2D eigenvalue weighted by Crippen LogP contribution is 2.48. The summed E-state index contributed by atoms with van der Waals surface area (Å²) in [5.74, 6) is 0. The van der Waals surface area contributed by atoms with E-state index in [-0.39, 0.29) is 0 Å². The highest BCUT2D eigenvalue weighted by molar-refractivity contribution is 6.29. The maximum Gasteiger partial charge on any atom is 0.138 e. The van der Waals surface area contributed by atoms with Gasteiger partial charge < -0.3 is 13.9 Å². The van der Waals surface area contributed by atoms with Crippen molar-refractivity contribution in [3.8, 4) is 16.8 Å². The van der Waals surface area contributed by atoms with Crippen LogP contribution in [-0.2, 0) is 0 Å². The predicted molar refractivity (Wildman–Crippen MR) is 258 cm³/mol.